The molecule has 0 bridgehead atoms. The van der Waals surface area contributed by atoms with Gasteiger partial charge in [-0.15, -0.1) is 0 Å². The highest BCUT2D eigenvalue weighted by Crippen LogP contribution is 2.45. The summed E-state index contributed by atoms with van der Waals surface area (Å²) in [5.41, 5.74) is 3.37. The van der Waals surface area contributed by atoms with Gasteiger partial charge < -0.3 is 32.6 Å². The van der Waals surface area contributed by atoms with Gasteiger partial charge in [-0.3, -0.25) is 0 Å². The quantitative estimate of drug-likeness (QED) is 0.0603. The Labute approximate surface area is 291 Å². The van der Waals surface area contributed by atoms with Gasteiger partial charge in [0.15, 0.2) is 0 Å². The fourth-order valence-electron chi connectivity index (χ4n) is 7.64. The Morgan fingerprint density at radius 3 is 1.62 bits per heavy atom. The maximum absolute atomic E-state index is 7.22. The van der Waals surface area contributed by atoms with Gasteiger partial charge in [0.05, 0.1) is 26.9 Å². The lowest BCUT2D eigenvalue weighted by Crippen LogP contribution is -2.49. The van der Waals surface area contributed by atoms with Crippen molar-refractivity contribution < 1.29 is 32.6 Å². The Bertz CT molecular complexity index is 1310. The minimum Gasteiger partial charge on any atom is -0.497 e. The molecule has 0 aromatic heterocycles. The van der Waals surface area contributed by atoms with E-state index in [0.29, 0.717) is 16.6 Å². The summed E-state index contributed by atoms with van der Waals surface area (Å²) in [5, 5.41) is 0. The van der Waals surface area contributed by atoms with Crippen LogP contribution in [0.4, 0.5) is 0 Å². The normalized spacial score (nSPS) is 20.3. The zero-order valence-electron chi connectivity index (χ0n) is 30.8. The standard InChI is InChI=1S/C39H57O7PSi/c1-27(2)48(28(3)4,29(5)6)44-26-42-37-30(7)45-36(38(37)46-47(10)11)25-43-39(31-15-13-12-14-16-31,32-17-21-34(40-8)22-18-32)33-19-23-35(41-9)24-20-33/h12-24,27-30,36-38H,25-26H2,1-11H3/t30-,36+,37-,38+/m0/s1. The SMILES string of the molecule is COc1ccc(C(OC[C@H]2O[C@@H](C)[C@H](OCO[Si](C(C)C)(C(C)C)C(C)C)[C@@H]2OP(C)C)(c2ccccc2)c2ccc(OC)cc2)cc1. The van der Waals surface area contributed by atoms with E-state index < -0.39 is 22.1 Å². The van der Waals surface area contributed by atoms with Gasteiger partial charge in [-0.2, -0.15) is 0 Å². The zero-order valence-corrected chi connectivity index (χ0v) is 32.7. The minimum atomic E-state index is -2.10. The maximum atomic E-state index is 7.22. The van der Waals surface area contributed by atoms with E-state index in [4.69, 9.17) is 32.6 Å². The molecule has 0 radical (unpaired) electrons. The number of methoxy groups -OCH3 is 2. The van der Waals surface area contributed by atoms with Gasteiger partial charge in [0.2, 0.25) is 8.32 Å². The molecule has 0 aliphatic carbocycles. The Morgan fingerprint density at radius 2 is 1.19 bits per heavy atom. The van der Waals surface area contributed by atoms with Gasteiger partial charge >= 0.3 is 0 Å². The first-order valence-corrected chi connectivity index (χ1v) is 21.4. The van der Waals surface area contributed by atoms with E-state index in [9.17, 15) is 0 Å². The lowest BCUT2D eigenvalue weighted by atomic mass is 9.80. The number of hydrogen-bond acceptors (Lipinski definition) is 7. The molecule has 3 aromatic rings. The summed E-state index contributed by atoms with van der Waals surface area (Å²) in [5.74, 6) is 1.55. The van der Waals surface area contributed by atoms with Crippen LogP contribution in [-0.4, -0.2) is 73.7 Å². The molecule has 7 nitrogen and oxygen atoms in total. The predicted molar refractivity (Wildman–Crippen MR) is 198 cm³/mol. The van der Waals surface area contributed by atoms with Crippen molar-refractivity contribution in [2.24, 2.45) is 0 Å². The van der Waals surface area contributed by atoms with Crippen molar-refractivity contribution in [1.29, 1.82) is 0 Å². The Morgan fingerprint density at radius 1 is 0.708 bits per heavy atom. The Hall–Kier alpha value is -2.29. The van der Waals surface area contributed by atoms with E-state index in [1.54, 1.807) is 14.2 Å². The summed E-state index contributed by atoms with van der Waals surface area (Å²) in [6.07, 6.45) is -1.19. The lowest BCUT2D eigenvalue weighted by molar-refractivity contribution is -0.0864. The van der Waals surface area contributed by atoms with Gasteiger partial charge in [-0.1, -0.05) is 96.1 Å². The molecule has 9 heteroatoms. The second kappa shape index (κ2) is 17.1. The number of ether oxygens (including phenoxy) is 5. The van der Waals surface area contributed by atoms with Crippen molar-refractivity contribution in [3.8, 4) is 11.5 Å². The van der Waals surface area contributed by atoms with E-state index in [1.165, 1.54) is 0 Å². The Balaban J connectivity index is 1.69. The molecule has 0 unspecified atom stereocenters. The Kier molecular flexibility index (Phi) is 13.7. The fourth-order valence-corrected chi connectivity index (χ4v) is 13.7. The van der Waals surface area contributed by atoms with Crippen LogP contribution in [-0.2, 0) is 28.8 Å². The average Bonchev–Trinajstić information content (AvgIpc) is 3.36. The zero-order chi connectivity index (χ0) is 35.1. The van der Waals surface area contributed by atoms with Gasteiger partial charge in [0.1, 0.15) is 42.2 Å². The van der Waals surface area contributed by atoms with E-state index in [-0.39, 0.29) is 37.8 Å². The fraction of sp³-hybridized carbons (Fsp3) is 0.538. The summed E-state index contributed by atoms with van der Waals surface area (Å²) in [4.78, 5) is 0. The van der Waals surface area contributed by atoms with E-state index in [2.05, 4.69) is 98.2 Å². The van der Waals surface area contributed by atoms with Crippen molar-refractivity contribution in [1.82, 2.24) is 0 Å². The van der Waals surface area contributed by atoms with E-state index in [1.807, 2.05) is 42.5 Å². The molecule has 4 atom stereocenters. The van der Waals surface area contributed by atoms with Crippen LogP contribution < -0.4 is 9.47 Å². The molecular weight excluding hydrogens is 639 g/mol. The second-order valence-electron chi connectivity index (χ2n) is 13.8. The summed E-state index contributed by atoms with van der Waals surface area (Å²) >= 11 is 0. The van der Waals surface area contributed by atoms with Crippen molar-refractivity contribution in [3.63, 3.8) is 0 Å². The molecule has 0 amide bonds. The monoisotopic (exact) mass is 696 g/mol. The van der Waals surface area contributed by atoms with Gasteiger partial charge in [0, 0.05) is 8.15 Å². The van der Waals surface area contributed by atoms with Gasteiger partial charge in [-0.25, -0.2) is 0 Å². The molecule has 1 fully saturated rings. The largest absolute Gasteiger partial charge is 0.497 e. The van der Waals surface area contributed by atoms with Crippen LogP contribution in [0.3, 0.4) is 0 Å². The van der Waals surface area contributed by atoms with E-state index >= 15 is 0 Å². The topological polar surface area (TPSA) is 64.6 Å². The molecule has 4 rings (SSSR count). The molecule has 3 aromatic carbocycles. The third kappa shape index (κ3) is 8.18. The smallest absolute Gasteiger partial charge is 0.203 e. The molecule has 1 aliphatic rings. The van der Waals surface area contributed by atoms with Crippen molar-refractivity contribution in [2.45, 2.75) is 95.1 Å². The van der Waals surface area contributed by atoms with Crippen LogP contribution in [0.2, 0.25) is 16.6 Å². The summed E-state index contributed by atoms with van der Waals surface area (Å²) in [7, 11) is 0.537. The first-order valence-electron chi connectivity index (χ1n) is 17.1. The molecule has 0 N–H and O–H groups in total. The molecule has 0 saturated carbocycles. The summed E-state index contributed by atoms with van der Waals surface area (Å²) in [6, 6.07) is 26.5. The third-order valence-corrected chi connectivity index (χ3v) is 16.5. The minimum absolute atomic E-state index is 0.205. The molecule has 0 spiro atoms. The van der Waals surface area contributed by atoms with Gasteiger partial charge in [-0.05, 0) is 77.8 Å². The first kappa shape index (κ1) is 38.5. The van der Waals surface area contributed by atoms with Crippen molar-refractivity contribution >= 4 is 16.5 Å². The second-order valence-corrected chi connectivity index (χ2v) is 21.1. The van der Waals surface area contributed by atoms with Crippen LogP contribution in [0, 0.1) is 0 Å². The number of hydrogen-bond donors (Lipinski definition) is 0. The van der Waals surface area contributed by atoms with Crippen molar-refractivity contribution in [3.05, 3.63) is 95.6 Å². The maximum Gasteiger partial charge on any atom is 0.203 e. The number of benzene rings is 3. The molecular formula is C39H57O7PSi. The molecule has 1 aliphatic heterocycles. The van der Waals surface area contributed by atoms with Gasteiger partial charge in [0.25, 0.3) is 0 Å². The van der Waals surface area contributed by atoms with Crippen molar-refractivity contribution in [2.75, 3.05) is 40.9 Å². The number of rotatable bonds is 17. The average molecular weight is 697 g/mol. The van der Waals surface area contributed by atoms with Crippen LogP contribution >= 0.6 is 8.15 Å². The lowest BCUT2D eigenvalue weighted by Gasteiger charge is -2.42. The first-order chi connectivity index (χ1) is 22.9. The van der Waals surface area contributed by atoms with Crippen LogP contribution in [0.5, 0.6) is 11.5 Å². The molecule has 1 heterocycles. The van der Waals surface area contributed by atoms with E-state index in [0.717, 1.165) is 28.2 Å². The highest BCUT2D eigenvalue weighted by molar-refractivity contribution is 7.50. The highest BCUT2D eigenvalue weighted by Gasteiger charge is 2.49. The molecule has 48 heavy (non-hydrogen) atoms. The highest BCUT2D eigenvalue weighted by atomic mass is 31.1. The summed E-state index contributed by atoms with van der Waals surface area (Å²) in [6.45, 7) is 20.5. The molecule has 1 saturated heterocycles. The van der Waals surface area contributed by atoms with Crippen LogP contribution in [0.1, 0.15) is 65.2 Å². The van der Waals surface area contributed by atoms with Crippen LogP contribution in [0.25, 0.3) is 0 Å². The van der Waals surface area contributed by atoms with Crippen LogP contribution in [0.15, 0.2) is 78.9 Å². The summed E-state index contributed by atoms with van der Waals surface area (Å²) < 4.78 is 44.9. The molecule has 264 valence electrons. The third-order valence-electron chi connectivity index (χ3n) is 9.79. The predicted octanol–water partition coefficient (Wildman–Crippen LogP) is 9.38.